The molecule has 1 heterocycles. The van der Waals surface area contributed by atoms with Gasteiger partial charge in [-0.25, -0.2) is 0 Å². The van der Waals surface area contributed by atoms with Gasteiger partial charge in [-0.1, -0.05) is 45.1 Å². The van der Waals surface area contributed by atoms with E-state index in [0.717, 1.165) is 0 Å². The van der Waals surface area contributed by atoms with Gasteiger partial charge in [0.05, 0.1) is 0 Å². The molecule has 0 radical (unpaired) electrons. The van der Waals surface area contributed by atoms with Crippen LogP contribution in [0.1, 0.15) is 50.3 Å². The first-order valence-corrected chi connectivity index (χ1v) is 7.14. The molecular weight excluding hydrogens is 232 g/mol. The maximum atomic E-state index is 8.81. The summed E-state index contributed by atoms with van der Waals surface area (Å²) in [5, 5.41) is 2.17. The number of carbonyl (C=O) groups is 2. The lowest BCUT2D eigenvalue weighted by Crippen LogP contribution is -1.82. The van der Waals surface area contributed by atoms with Crippen molar-refractivity contribution in [2.45, 2.75) is 51.9 Å². The van der Waals surface area contributed by atoms with Crippen LogP contribution in [0.4, 0.5) is 0 Å². The Kier molecular flexibility index (Phi) is 12.4. The normalized spacial score (nSPS) is 9.24. The van der Waals surface area contributed by atoms with Crippen LogP contribution in [0, 0.1) is 0 Å². The zero-order chi connectivity index (χ0) is 12.8. The molecule has 1 aromatic rings. The van der Waals surface area contributed by atoms with Crippen LogP contribution in [0.3, 0.4) is 0 Å². The number of unbranched alkanes of at least 4 members (excludes halogenated alkanes) is 5. The summed E-state index contributed by atoms with van der Waals surface area (Å²) >= 11 is 1.89. The Morgan fingerprint density at radius 3 is 2.24 bits per heavy atom. The summed E-state index contributed by atoms with van der Waals surface area (Å²) in [7, 11) is 0. The van der Waals surface area contributed by atoms with Crippen molar-refractivity contribution in [3.63, 3.8) is 0 Å². The van der Waals surface area contributed by atoms with Crippen molar-refractivity contribution < 1.29 is 9.59 Å². The van der Waals surface area contributed by atoms with Crippen molar-refractivity contribution in [2.75, 3.05) is 0 Å². The van der Waals surface area contributed by atoms with E-state index in [-0.39, 0.29) is 12.6 Å². The van der Waals surface area contributed by atoms with Crippen molar-refractivity contribution >= 4 is 23.9 Å². The van der Waals surface area contributed by atoms with Crippen LogP contribution in [-0.4, -0.2) is 12.6 Å². The lowest BCUT2D eigenvalue weighted by Gasteiger charge is -1.98. The molecular formula is C14H22O2S. The van der Waals surface area contributed by atoms with Crippen molar-refractivity contribution in [1.82, 2.24) is 0 Å². The summed E-state index contributed by atoms with van der Waals surface area (Å²) in [6.45, 7) is 2.27. The zero-order valence-corrected chi connectivity index (χ0v) is 11.4. The second kappa shape index (κ2) is 13.1. The number of aldehydes is 2. The smallest absolute Gasteiger partial charge is 0.182 e. The van der Waals surface area contributed by atoms with Crippen molar-refractivity contribution in [1.29, 1.82) is 0 Å². The third-order valence-corrected chi connectivity index (χ3v) is 3.35. The molecule has 0 spiro atoms. The van der Waals surface area contributed by atoms with Gasteiger partial charge in [-0.05, 0) is 24.3 Å². The molecule has 1 rings (SSSR count). The van der Waals surface area contributed by atoms with Crippen LogP contribution in [0.5, 0.6) is 0 Å². The molecule has 17 heavy (non-hydrogen) atoms. The number of rotatable bonds is 8. The van der Waals surface area contributed by atoms with Gasteiger partial charge in [0.15, 0.2) is 12.6 Å². The Balaban J connectivity index is 0.000000557. The first-order chi connectivity index (χ1) is 8.35. The highest BCUT2D eigenvalue weighted by Gasteiger charge is 1.93. The zero-order valence-electron chi connectivity index (χ0n) is 10.6. The number of hydrogen-bond donors (Lipinski definition) is 0. The molecule has 2 nitrogen and oxygen atoms in total. The van der Waals surface area contributed by atoms with E-state index in [4.69, 9.17) is 9.59 Å². The van der Waals surface area contributed by atoms with Crippen LogP contribution < -0.4 is 0 Å². The van der Waals surface area contributed by atoms with E-state index in [1.165, 1.54) is 44.9 Å². The molecule has 0 saturated heterocycles. The summed E-state index contributed by atoms with van der Waals surface area (Å²) in [6, 6.07) is 4.40. The average Bonchev–Trinajstić information content (AvgIpc) is 2.87. The van der Waals surface area contributed by atoms with Crippen molar-refractivity contribution in [2.24, 2.45) is 0 Å². The van der Waals surface area contributed by atoms with E-state index < -0.39 is 0 Å². The van der Waals surface area contributed by atoms with E-state index in [0.29, 0.717) is 0 Å². The van der Waals surface area contributed by atoms with Gasteiger partial charge in [0.2, 0.25) is 0 Å². The Hall–Kier alpha value is -0.960. The minimum atomic E-state index is 0.194. The average molecular weight is 254 g/mol. The first-order valence-electron chi connectivity index (χ1n) is 6.26. The third-order valence-electron chi connectivity index (χ3n) is 2.41. The maximum absolute atomic E-state index is 8.81. The van der Waals surface area contributed by atoms with Gasteiger partial charge in [0.25, 0.3) is 0 Å². The molecule has 1 aromatic heterocycles. The summed E-state index contributed by atoms with van der Waals surface area (Å²) < 4.78 is 0. The third kappa shape index (κ3) is 11.3. The molecule has 0 aliphatic heterocycles. The Bertz CT molecular complexity index is 262. The van der Waals surface area contributed by atoms with Gasteiger partial charge in [0.1, 0.15) is 0 Å². The molecule has 0 N–H and O–H groups in total. The number of carbonyl (C=O) groups excluding carboxylic acids is 2. The number of hydrogen-bond acceptors (Lipinski definition) is 3. The summed E-state index contributed by atoms with van der Waals surface area (Å²) in [5.41, 5.74) is 0. The van der Waals surface area contributed by atoms with Crippen molar-refractivity contribution in [3.05, 3.63) is 22.4 Å². The maximum Gasteiger partial charge on any atom is 0.182 e. The molecule has 0 aliphatic rings. The van der Waals surface area contributed by atoms with E-state index in [9.17, 15) is 0 Å². The Morgan fingerprint density at radius 2 is 1.71 bits per heavy atom. The van der Waals surface area contributed by atoms with E-state index >= 15 is 0 Å². The molecule has 0 aliphatic carbocycles. The van der Waals surface area contributed by atoms with Gasteiger partial charge in [-0.2, -0.15) is 0 Å². The van der Waals surface area contributed by atoms with Crippen LogP contribution >= 0.6 is 11.3 Å². The fraction of sp³-hybridized carbons (Fsp3) is 0.571. The van der Waals surface area contributed by atoms with E-state index in [1.54, 1.807) is 4.88 Å². The van der Waals surface area contributed by atoms with Gasteiger partial charge in [-0.15, -0.1) is 11.3 Å². The Morgan fingerprint density at radius 1 is 1.06 bits per heavy atom. The van der Waals surface area contributed by atoms with Crippen LogP contribution in [-0.2, 0) is 16.0 Å². The molecule has 0 unspecified atom stereocenters. The molecule has 0 bridgehead atoms. The summed E-state index contributed by atoms with van der Waals surface area (Å²) in [5.74, 6) is 0. The monoisotopic (exact) mass is 254 g/mol. The predicted octanol–water partition coefficient (Wildman–Crippen LogP) is 4.04. The predicted molar refractivity (Wildman–Crippen MR) is 73.5 cm³/mol. The largest absolute Gasteiger partial charge is 0.295 e. The highest BCUT2D eigenvalue weighted by molar-refractivity contribution is 7.09. The fourth-order valence-electron chi connectivity index (χ4n) is 1.53. The molecule has 0 amide bonds. The summed E-state index contributed by atoms with van der Waals surface area (Å²) in [6.07, 6.45) is 10.1. The van der Waals surface area contributed by atoms with Gasteiger partial charge < -0.3 is 0 Å². The highest BCUT2D eigenvalue weighted by atomic mass is 32.1. The minimum absolute atomic E-state index is 0.194. The molecule has 0 atom stereocenters. The number of aryl methyl sites for hydroxylation is 1. The first kappa shape index (κ1) is 16.0. The van der Waals surface area contributed by atoms with Gasteiger partial charge in [0, 0.05) is 4.88 Å². The fourth-order valence-corrected chi connectivity index (χ4v) is 2.29. The Labute approximate surface area is 108 Å². The van der Waals surface area contributed by atoms with Gasteiger partial charge in [-0.3, -0.25) is 9.59 Å². The SMILES string of the molecule is CCCCCCCCc1cccs1.O=CC=O. The summed E-state index contributed by atoms with van der Waals surface area (Å²) in [4.78, 5) is 19.2. The molecule has 0 saturated carbocycles. The molecule has 96 valence electrons. The quantitative estimate of drug-likeness (QED) is 0.398. The van der Waals surface area contributed by atoms with Crippen LogP contribution in [0.15, 0.2) is 17.5 Å². The molecule has 0 aromatic carbocycles. The second-order valence-corrected chi connectivity index (χ2v) is 4.90. The van der Waals surface area contributed by atoms with Crippen molar-refractivity contribution in [3.8, 4) is 0 Å². The second-order valence-electron chi connectivity index (χ2n) is 3.87. The minimum Gasteiger partial charge on any atom is -0.295 e. The lowest BCUT2D eigenvalue weighted by atomic mass is 10.1. The van der Waals surface area contributed by atoms with Gasteiger partial charge >= 0.3 is 0 Å². The van der Waals surface area contributed by atoms with Crippen LogP contribution in [0.2, 0.25) is 0 Å². The van der Waals surface area contributed by atoms with Crippen LogP contribution in [0.25, 0.3) is 0 Å². The molecule has 0 fully saturated rings. The lowest BCUT2D eigenvalue weighted by molar-refractivity contribution is -0.122. The van der Waals surface area contributed by atoms with E-state index in [1.807, 2.05) is 11.3 Å². The molecule has 3 heteroatoms. The van der Waals surface area contributed by atoms with E-state index in [2.05, 4.69) is 24.4 Å². The topological polar surface area (TPSA) is 34.1 Å². The standard InChI is InChI=1S/C12H20S.C2H2O2/c1-2-3-4-5-6-7-9-12-10-8-11-13-12;3-1-2-4/h8,10-11H,2-7,9H2,1H3;1-2H. The number of thiophene rings is 1. The highest BCUT2D eigenvalue weighted by Crippen LogP contribution is 2.13.